The largest absolute Gasteiger partial charge is 0.399 e. The van der Waals surface area contributed by atoms with Gasteiger partial charge in [-0.3, -0.25) is 0 Å². The van der Waals surface area contributed by atoms with Crippen LogP contribution < -0.4 is 11.5 Å². The maximum Gasteiger partial charge on any atom is 0.184 e. The molecular weight excluding hydrogens is 256 g/mol. The molecule has 3 rings (SSSR count). The summed E-state index contributed by atoms with van der Waals surface area (Å²) in [5, 5.41) is 11.9. The molecule has 1 saturated carbocycles. The van der Waals surface area contributed by atoms with E-state index in [0.29, 0.717) is 23.7 Å². The zero-order chi connectivity index (χ0) is 14.2. The molecule has 2 aromatic rings. The summed E-state index contributed by atoms with van der Waals surface area (Å²) < 4.78 is 7.37. The highest BCUT2D eigenvalue weighted by atomic mass is 16.5. The van der Waals surface area contributed by atoms with Crippen LogP contribution >= 0.6 is 0 Å². The van der Waals surface area contributed by atoms with E-state index in [-0.39, 0.29) is 5.60 Å². The van der Waals surface area contributed by atoms with Crippen molar-refractivity contribution in [2.75, 3.05) is 18.6 Å². The molecule has 1 aromatic carbocycles. The molecule has 0 atom stereocenters. The van der Waals surface area contributed by atoms with Crippen LogP contribution in [0.15, 0.2) is 18.2 Å². The van der Waals surface area contributed by atoms with E-state index in [4.69, 9.17) is 16.2 Å². The first-order chi connectivity index (χ1) is 9.63. The highest BCUT2D eigenvalue weighted by Crippen LogP contribution is 2.37. The Hall–Kier alpha value is -2.15. The van der Waals surface area contributed by atoms with Gasteiger partial charge in [-0.15, -0.1) is 5.10 Å². The highest BCUT2D eigenvalue weighted by Gasteiger charge is 2.38. The van der Waals surface area contributed by atoms with Crippen LogP contribution in [0.3, 0.4) is 0 Å². The third kappa shape index (κ3) is 2.09. The summed E-state index contributed by atoms with van der Waals surface area (Å²) in [7, 11) is 1.74. The number of anilines is 2. The number of benzene rings is 1. The third-order valence-corrected chi connectivity index (χ3v) is 3.98. The molecule has 1 aliphatic rings. The van der Waals surface area contributed by atoms with Gasteiger partial charge in [-0.05, 0) is 47.9 Å². The number of nitrogens with two attached hydrogens (primary N) is 2. The van der Waals surface area contributed by atoms with Gasteiger partial charge in [0.05, 0.1) is 12.1 Å². The van der Waals surface area contributed by atoms with Crippen molar-refractivity contribution < 1.29 is 4.74 Å². The quantitative estimate of drug-likeness (QED) is 0.808. The Labute approximate surface area is 116 Å². The summed E-state index contributed by atoms with van der Waals surface area (Å²) >= 11 is 0. The van der Waals surface area contributed by atoms with E-state index in [1.807, 2.05) is 6.07 Å². The monoisotopic (exact) mass is 274 g/mol. The number of tetrazole rings is 1. The maximum atomic E-state index is 6.00. The normalized spacial score (nSPS) is 16.9. The van der Waals surface area contributed by atoms with Crippen molar-refractivity contribution in [3.63, 3.8) is 0 Å². The predicted molar refractivity (Wildman–Crippen MR) is 75.7 cm³/mol. The average Bonchev–Trinajstić information content (AvgIpc) is 2.82. The standard InChI is InChI=1S/C13H18N6O/c1-20-13(5-2-6-13)8-19-12(16-17-18-19)10-4-3-9(14)7-11(10)15/h3-4,7H,2,5-6,8,14-15H2,1H3. The molecular formula is C13H18N6O. The lowest BCUT2D eigenvalue weighted by atomic mass is 9.80. The van der Waals surface area contributed by atoms with Crippen LogP contribution in [0, 0.1) is 0 Å². The highest BCUT2D eigenvalue weighted by molar-refractivity contribution is 5.74. The molecule has 1 fully saturated rings. The fourth-order valence-corrected chi connectivity index (χ4v) is 2.56. The van der Waals surface area contributed by atoms with Gasteiger partial charge in [0, 0.05) is 24.0 Å². The zero-order valence-corrected chi connectivity index (χ0v) is 11.4. The first-order valence-electron chi connectivity index (χ1n) is 6.60. The molecule has 0 radical (unpaired) electrons. The molecule has 0 unspecified atom stereocenters. The minimum absolute atomic E-state index is 0.146. The Bertz CT molecular complexity index is 614. The Kier molecular flexibility index (Phi) is 3.06. The molecule has 4 N–H and O–H groups in total. The van der Waals surface area contributed by atoms with Crippen molar-refractivity contribution in [1.29, 1.82) is 0 Å². The van der Waals surface area contributed by atoms with E-state index < -0.39 is 0 Å². The fourth-order valence-electron chi connectivity index (χ4n) is 2.56. The first-order valence-corrected chi connectivity index (χ1v) is 6.60. The smallest absolute Gasteiger partial charge is 0.184 e. The second-order valence-corrected chi connectivity index (χ2v) is 5.25. The van der Waals surface area contributed by atoms with Gasteiger partial charge in [0.15, 0.2) is 5.82 Å². The molecule has 0 saturated heterocycles. The average molecular weight is 274 g/mol. The van der Waals surface area contributed by atoms with Crippen LogP contribution in [0.4, 0.5) is 11.4 Å². The number of rotatable bonds is 4. The van der Waals surface area contributed by atoms with Crippen molar-refractivity contribution in [2.45, 2.75) is 31.4 Å². The third-order valence-electron chi connectivity index (χ3n) is 3.98. The molecule has 106 valence electrons. The molecule has 1 heterocycles. The van der Waals surface area contributed by atoms with E-state index in [2.05, 4.69) is 15.5 Å². The molecule has 20 heavy (non-hydrogen) atoms. The van der Waals surface area contributed by atoms with Gasteiger partial charge in [-0.2, -0.15) is 0 Å². The number of nitrogens with zero attached hydrogens (tertiary/aromatic N) is 4. The predicted octanol–water partition coefficient (Wildman–Crippen LogP) is 1.07. The molecule has 1 aliphatic carbocycles. The second kappa shape index (κ2) is 4.75. The van der Waals surface area contributed by atoms with Crippen LogP contribution in [0.5, 0.6) is 0 Å². The number of aromatic nitrogens is 4. The van der Waals surface area contributed by atoms with Crippen LogP contribution in [-0.4, -0.2) is 32.9 Å². The van der Waals surface area contributed by atoms with E-state index in [0.717, 1.165) is 18.4 Å². The van der Waals surface area contributed by atoms with Crippen LogP contribution in [0.25, 0.3) is 11.4 Å². The molecule has 0 bridgehead atoms. The maximum absolute atomic E-state index is 6.00. The van der Waals surface area contributed by atoms with E-state index in [9.17, 15) is 0 Å². The van der Waals surface area contributed by atoms with E-state index >= 15 is 0 Å². The summed E-state index contributed by atoms with van der Waals surface area (Å²) in [4.78, 5) is 0. The Balaban J connectivity index is 1.93. The lowest BCUT2D eigenvalue weighted by Gasteiger charge is -2.40. The molecule has 0 aliphatic heterocycles. The number of nitrogen functional groups attached to an aromatic ring is 2. The summed E-state index contributed by atoms with van der Waals surface area (Å²) in [5.41, 5.74) is 13.6. The molecule has 7 nitrogen and oxygen atoms in total. The van der Waals surface area contributed by atoms with Gasteiger partial charge in [0.1, 0.15) is 0 Å². The molecule has 0 amide bonds. The summed E-state index contributed by atoms with van der Waals surface area (Å²) in [6.45, 7) is 0.635. The summed E-state index contributed by atoms with van der Waals surface area (Å²) in [6.07, 6.45) is 3.23. The van der Waals surface area contributed by atoms with Crippen molar-refractivity contribution >= 4 is 11.4 Å². The SMILES string of the molecule is COC1(Cn2nnnc2-c2ccc(N)cc2N)CCC1. The molecule has 0 spiro atoms. The number of ether oxygens (including phenoxy) is 1. The van der Waals surface area contributed by atoms with Gasteiger partial charge in [-0.25, -0.2) is 4.68 Å². The van der Waals surface area contributed by atoms with Gasteiger partial charge >= 0.3 is 0 Å². The van der Waals surface area contributed by atoms with Gasteiger partial charge in [-0.1, -0.05) is 0 Å². The molecule has 7 heteroatoms. The van der Waals surface area contributed by atoms with Crippen molar-refractivity contribution in [2.24, 2.45) is 0 Å². The summed E-state index contributed by atoms with van der Waals surface area (Å²) in [6, 6.07) is 5.34. The number of hydrogen-bond acceptors (Lipinski definition) is 6. The van der Waals surface area contributed by atoms with E-state index in [1.54, 1.807) is 23.9 Å². The van der Waals surface area contributed by atoms with Crippen molar-refractivity contribution in [3.8, 4) is 11.4 Å². The summed E-state index contributed by atoms with van der Waals surface area (Å²) in [5.74, 6) is 0.644. The number of hydrogen-bond donors (Lipinski definition) is 2. The van der Waals surface area contributed by atoms with E-state index in [1.165, 1.54) is 6.42 Å². The van der Waals surface area contributed by atoms with Gasteiger partial charge in [0.25, 0.3) is 0 Å². The number of methoxy groups -OCH3 is 1. The molecule has 1 aromatic heterocycles. The van der Waals surface area contributed by atoms with Gasteiger partial charge < -0.3 is 16.2 Å². The van der Waals surface area contributed by atoms with Crippen molar-refractivity contribution in [3.05, 3.63) is 18.2 Å². The van der Waals surface area contributed by atoms with Crippen LogP contribution in [0.2, 0.25) is 0 Å². The lowest BCUT2D eigenvalue weighted by molar-refractivity contribution is -0.0855. The minimum Gasteiger partial charge on any atom is -0.399 e. The first kappa shape index (κ1) is 12.9. The Morgan fingerprint density at radius 2 is 2.15 bits per heavy atom. The van der Waals surface area contributed by atoms with Gasteiger partial charge in [0.2, 0.25) is 0 Å². The topological polar surface area (TPSA) is 105 Å². The second-order valence-electron chi connectivity index (χ2n) is 5.25. The van der Waals surface area contributed by atoms with Crippen LogP contribution in [-0.2, 0) is 11.3 Å². The van der Waals surface area contributed by atoms with Crippen molar-refractivity contribution in [1.82, 2.24) is 20.2 Å². The fraction of sp³-hybridized carbons (Fsp3) is 0.462. The minimum atomic E-state index is -0.146. The Morgan fingerprint density at radius 3 is 2.75 bits per heavy atom. The lowest BCUT2D eigenvalue weighted by Crippen LogP contribution is -2.43. The zero-order valence-electron chi connectivity index (χ0n) is 11.4. The Morgan fingerprint density at radius 1 is 1.35 bits per heavy atom. The van der Waals surface area contributed by atoms with Crippen LogP contribution in [0.1, 0.15) is 19.3 Å².